The van der Waals surface area contributed by atoms with Crippen LogP contribution in [0.2, 0.25) is 5.02 Å². The summed E-state index contributed by atoms with van der Waals surface area (Å²) in [6.45, 7) is 9.25. The van der Waals surface area contributed by atoms with E-state index in [2.05, 4.69) is 34.8 Å². The van der Waals surface area contributed by atoms with E-state index in [9.17, 15) is 14.7 Å². The minimum absolute atomic E-state index is 0.0575. The van der Waals surface area contributed by atoms with Crippen LogP contribution in [0.1, 0.15) is 134 Å². The van der Waals surface area contributed by atoms with Crippen molar-refractivity contribution in [2.24, 2.45) is 4.99 Å². The standard InChI is InChI=1S/C42H62ClN6O9P/c1-5-6-7-8-9-10-11-12-13-14-15-16-17-18-21-52-27-34(53-26-32-22-31(25-44)23-33(43)24-32)28-54-59(50,51)55-29-42(46-4)39-38(56-41(2,3)58-39)37(57-42)35-19-20-36-40(45)47-30-48-49(35)36/h19-20,22-24,30,34,37-39H,4-18,21,26-29H2,1-3H3,(H,50,51)(H2,45,47,48)/t34-,37-,38-,39-,42+/m0/s1. The van der Waals surface area contributed by atoms with Crippen LogP contribution in [0, 0.1) is 11.3 Å². The molecule has 0 saturated carbocycles. The number of hydrogen-bond donors (Lipinski definition) is 2. The molecule has 1 unspecified atom stereocenters. The van der Waals surface area contributed by atoms with Gasteiger partial charge >= 0.3 is 7.82 Å². The summed E-state index contributed by atoms with van der Waals surface area (Å²) in [6.07, 6.45) is 15.8. The van der Waals surface area contributed by atoms with Crippen LogP contribution in [0.3, 0.4) is 0 Å². The number of nitrogens with zero attached hydrogens (tertiary/aromatic N) is 5. The van der Waals surface area contributed by atoms with E-state index in [1.54, 1.807) is 48.7 Å². The zero-order chi connectivity index (χ0) is 42.3. The Morgan fingerprint density at radius 2 is 1.68 bits per heavy atom. The van der Waals surface area contributed by atoms with E-state index in [0.29, 0.717) is 34.0 Å². The van der Waals surface area contributed by atoms with E-state index >= 15 is 0 Å². The van der Waals surface area contributed by atoms with Crippen LogP contribution in [0.25, 0.3) is 5.52 Å². The molecule has 5 rings (SSSR count). The van der Waals surface area contributed by atoms with E-state index in [4.69, 9.17) is 50.1 Å². The van der Waals surface area contributed by atoms with Crippen molar-refractivity contribution < 1.29 is 42.2 Å². The van der Waals surface area contributed by atoms with Crippen molar-refractivity contribution in [2.75, 3.05) is 32.2 Å². The molecule has 0 amide bonds. The predicted molar refractivity (Wildman–Crippen MR) is 225 cm³/mol. The van der Waals surface area contributed by atoms with Crippen molar-refractivity contribution >= 4 is 37.5 Å². The molecule has 15 nitrogen and oxygen atoms in total. The lowest BCUT2D eigenvalue weighted by molar-refractivity contribution is -0.214. The Morgan fingerprint density at radius 1 is 1.00 bits per heavy atom. The summed E-state index contributed by atoms with van der Waals surface area (Å²) in [5.74, 6) is -0.760. The van der Waals surface area contributed by atoms with Crippen LogP contribution in [0.15, 0.2) is 41.7 Å². The number of benzene rings is 1. The van der Waals surface area contributed by atoms with Gasteiger partial charge in [0.2, 0.25) is 5.72 Å². The zero-order valence-electron chi connectivity index (χ0n) is 34.8. The first-order valence-electron chi connectivity index (χ1n) is 21.0. The number of hydrogen-bond acceptors (Lipinski definition) is 13. The third-order valence-electron chi connectivity index (χ3n) is 10.6. The number of unbranched alkanes of at least 4 members (excludes halogenated alkanes) is 13. The molecule has 2 aromatic heterocycles. The average molecular weight is 861 g/mol. The SMILES string of the molecule is C=N[C@]1(COP(=O)(O)OC[C@H](COCCCCCCCCCCCCCCCC)OCc2cc(Cl)cc(C#N)c2)O[C@@H](c2ccc3c(N)ncnn23)[C@@H]2OC(C)(C)O[C@@H]21. The van der Waals surface area contributed by atoms with Gasteiger partial charge in [-0.2, -0.15) is 10.4 Å². The van der Waals surface area contributed by atoms with Crippen LogP contribution in [-0.4, -0.2) is 82.5 Å². The number of phosphoric ester groups is 1. The molecule has 2 saturated heterocycles. The number of rotatable bonds is 28. The van der Waals surface area contributed by atoms with Gasteiger partial charge in [-0.25, -0.2) is 14.1 Å². The molecule has 0 aliphatic carbocycles. The van der Waals surface area contributed by atoms with Crippen molar-refractivity contribution in [1.29, 1.82) is 5.26 Å². The Kier molecular flexibility index (Phi) is 18.1. The molecule has 1 aromatic carbocycles. The number of nitrogen functional groups attached to an aromatic ring is 1. The number of nitriles is 1. The lowest BCUT2D eigenvalue weighted by Crippen LogP contribution is -2.45. The molecular formula is C42H62ClN6O9P. The maximum Gasteiger partial charge on any atom is 0.472 e. The van der Waals surface area contributed by atoms with E-state index in [1.165, 1.54) is 77.0 Å². The molecule has 326 valence electrons. The highest BCUT2D eigenvalue weighted by atomic mass is 35.5. The summed E-state index contributed by atoms with van der Waals surface area (Å²) in [4.78, 5) is 19.2. The number of fused-ring (bicyclic) bond motifs is 2. The van der Waals surface area contributed by atoms with Crippen molar-refractivity contribution in [2.45, 2.75) is 153 Å². The lowest BCUT2D eigenvalue weighted by atomic mass is 10.0. The molecule has 3 N–H and O–H groups in total. The number of aromatic nitrogens is 3. The average Bonchev–Trinajstić information content (AvgIpc) is 3.87. The largest absolute Gasteiger partial charge is 0.472 e. The van der Waals surface area contributed by atoms with Crippen molar-refractivity contribution in [1.82, 2.24) is 14.6 Å². The van der Waals surface area contributed by atoms with Gasteiger partial charge in [0.25, 0.3) is 0 Å². The second kappa shape index (κ2) is 22.7. The molecule has 2 fully saturated rings. The zero-order valence-corrected chi connectivity index (χ0v) is 36.4. The maximum absolute atomic E-state index is 13.4. The molecule has 6 atom stereocenters. The molecular weight excluding hydrogens is 799 g/mol. The van der Waals surface area contributed by atoms with Gasteiger partial charge in [0.15, 0.2) is 11.6 Å². The Bertz CT molecular complexity index is 1880. The number of aliphatic imine (C=N–C) groups is 1. The molecule has 4 heterocycles. The first-order valence-corrected chi connectivity index (χ1v) is 22.9. The van der Waals surface area contributed by atoms with E-state index in [-0.39, 0.29) is 25.6 Å². The van der Waals surface area contributed by atoms with Crippen LogP contribution >= 0.6 is 19.4 Å². The smallest absolute Gasteiger partial charge is 0.382 e. The number of halogens is 1. The van der Waals surface area contributed by atoms with Gasteiger partial charge in [-0.1, -0.05) is 102 Å². The normalized spacial score (nSPS) is 22.6. The fraction of sp³-hybridized carbons (Fsp3) is 0.667. The molecule has 3 aromatic rings. The molecule has 2 aliphatic rings. The highest BCUT2D eigenvalue weighted by molar-refractivity contribution is 7.47. The summed E-state index contributed by atoms with van der Waals surface area (Å²) < 4.78 is 57.0. The molecule has 0 radical (unpaired) electrons. The highest BCUT2D eigenvalue weighted by Crippen LogP contribution is 2.53. The third-order valence-corrected chi connectivity index (χ3v) is 11.8. The Hall–Kier alpha value is -3.00. The molecule has 2 aliphatic heterocycles. The molecule has 0 spiro atoms. The van der Waals surface area contributed by atoms with Gasteiger partial charge in [-0.3, -0.25) is 14.0 Å². The topological polar surface area (TPSA) is 194 Å². The molecule has 17 heteroatoms. The first-order chi connectivity index (χ1) is 28.4. The Balaban J connectivity index is 1.12. The van der Waals surface area contributed by atoms with Crippen molar-refractivity contribution in [3.05, 3.63) is 58.5 Å². The maximum atomic E-state index is 13.4. The van der Waals surface area contributed by atoms with Crippen LogP contribution in [-0.2, 0) is 43.9 Å². The minimum Gasteiger partial charge on any atom is -0.382 e. The summed E-state index contributed by atoms with van der Waals surface area (Å²) in [7, 11) is -4.75. The van der Waals surface area contributed by atoms with E-state index in [1.807, 2.05) is 0 Å². The highest BCUT2D eigenvalue weighted by Gasteiger charge is 2.64. The van der Waals surface area contributed by atoms with E-state index in [0.717, 1.165) is 19.3 Å². The lowest BCUT2D eigenvalue weighted by Gasteiger charge is -2.31. The van der Waals surface area contributed by atoms with Gasteiger partial charge in [0.05, 0.1) is 37.1 Å². The number of anilines is 1. The monoisotopic (exact) mass is 860 g/mol. The first kappa shape index (κ1) is 47.1. The Labute approximate surface area is 353 Å². The van der Waals surface area contributed by atoms with Gasteiger partial charge in [0, 0.05) is 11.6 Å². The van der Waals surface area contributed by atoms with Gasteiger partial charge in [0.1, 0.15) is 42.9 Å². The van der Waals surface area contributed by atoms with Crippen LogP contribution in [0.5, 0.6) is 0 Å². The van der Waals surface area contributed by atoms with Crippen molar-refractivity contribution in [3.63, 3.8) is 0 Å². The second-order valence-electron chi connectivity index (χ2n) is 15.9. The van der Waals surface area contributed by atoms with Crippen LogP contribution < -0.4 is 5.73 Å². The summed E-state index contributed by atoms with van der Waals surface area (Å²) in [5, 5.41) is 14.1. The summed E-state index contributed by atoms with van der Waals surface area (Å²) in [5.41, 5.74) is 6.60. The van der Waals surface area contributed by atoms with Crippen LogP contribution in [0.4, 0.5) is 5.82 Å². The second-order valence-corrected chi connectivity index (χ2v) is 17.8. The third kappa shape index (κ3) is 13.8. The van der Waals surface area contributed by atoms with Crippen molar-refractivity contribution in [3.8, 4) is 6.07 Å². The molecule has 0 bridgehead atoms. The number of phosphoric acid groups is 1. The fourth-order valence-corrected chi connectivity index (χ4v) is 8.61. The van der Waals surface area contributed by atoms with Gasteiger partial charge < -0.3 is 34.3 Å². The number of ether oxygens (including phenoxy) is 5. The fourth-order valence-electron chi connectivity index (χ4n) is 7.58. The molecule has 59 heavy (non-hydrogen) atoms. The van der Waals surface area contributed by atoms with Gasteiger partial charge in [-0.15, -0.1) is 0 Å². The predicted octanol–water partition coefficient (Wildman–Crippen LogP) is 9.04. The summed E-state index contributed by atoms with van der Waals surface area (Å²) >= 11 is 6.21. The minimum atomic E-state index is -4.75. The van der Waals surface area contributed by atoms with E-state index < -0.39 is 50.4 Å². The summed E-state index contributed by atoms with van der Waals surface area (Å²) in [6, 6.07) is 10.5. The Morgan fingerprint density at radius 3 is 2.34 bits per heavy atom. The van der Waals surface area contributed by atoms with Gasteiger partial charge in [-0.05, 0) is 62.9 Å². The quantitative estimate of drug-likeness (QED) is 0.0399. The number of nitrogens with two attached hydrogens (primary N) is 1.